The van der Waals surface area contributed by atoms with Crippen LogP contribution in [0.25, 0.3) is 18.2 Å². The molecule has 2 aromatic carbocycles. The molecule has 0 heterocycles. The zero-order valence-corrected chi connectivity index (χ0v) is 21.7. The Balaban J connectivity index is 0.000000582. The molecule has 0 atom stereocenters. The van der Waals surface area contributed by atoms with Gasteiger partial charge in [-0.2, -0.15) is 9.59 Å². The summed E-state index contributed by atoms with van der Waals surface area (Å²) in [5, 5.41) is 0. The molecule has 0 fully saturated rings. The maximum absolute atomic E-state index is 11.2. The number of carbonyl (C=O) groups excluding carboxylic acids is 4. The van der Waals surface area contributed by atoms with Crippen molar-refractivity contribution in [2.45, 2.75) is 27.2 Å². The zero-order valence-electron chi connectivity index (χ0n) is 19.5. The Morgan fingerprint density at radius 3 is 1.68 bits per heavy atom. The molecule has 0 saturated carbocycles. The number of carbonyl (C=O) groups is 2. The Bertz CT molecular complexity index is 1000. The van der Waals surface area contributed by atoms with E-state index in [4.69, 9.17) is 19.1 Å². The molecule has 0 unspecified atom stereocenters. The van der Waals surface area contributed by atoms with Gasteiger partial charge in [0.15, 0.2) is 0 Å². The van der Waals surface area contributed by atoms with E-state index in [1.165, 1.54) is 12.2 Å². The average Bonchev–Trinajstić information content (AvgIpc) is 2.82. The molecule has 6 nitrogen and oxygen atoms in total. The standard InChI is InChI=1S/C15H18O2.C11H11IO2.CO2/c1-3-5-7-13-8-6-9-14(12-13)10-11-15(16)17-4-2;1-2-14-11(13)7-6-9-4-3-5-10(12)8-9;2-1-3/h5-12H,3-4H2,1-2H3;3-8H,2H2,1H3;/b7-5+,11-10+;7-6+;. The van der Waals surface area contributed by atoms with Crippen molar-refractivity contribution in [1.29, 1.82) is 0 Å². The van der Waals surface area contributed by atoms with Crippen molar-refractivity contribution in [2.75, 3.05) is 13.2 Å². The van der Waals surface area contributed by atoms with Crippen LogP contribution >= 0.6 is 22.6 Å². The van der Waals surface area contributed by atoms with Crippen LogP contribution in [-0.2, 0) is 28.7 Å². The van der Waals surface area contributed by atoms with Crippen LogP contribution in [0.4, 0.5) is 0 Å². The van der Waals surface area contributed by atoms with Gasteiger partial charge in [0, 0.05) is 15.7 Å². The Morgan fingerprint density at radius 2 is 1.24 bits per heavy atom. The minimum Gasteiger partial charge on any atom is -0.463 e. The first-order chi connectivity index (χ1) is 16.4. The molecule has 0 bridgehead atoms. The van der Waals surface area contributed by atoms with Crippen molar-refractivity contribution in [3.8, 4) is 0 Å². The van der Waals surface area contributed by atoms with E-state index in [1.54, 1.807) is 26.0 Å². The Kier molecular flexibility index (Phi) is 18.4. The lowest BCUT2D eigenvalue weighted by atomic mass is 10.1. The molecule has 0 amide bonds. The molecule has 0 radical (unpaired) electrons. The average molecular weight is 576 g/mol. The summed E-state index contributed by atoms with van der Waals surface area (Å²) < 4.78 is 10.7. The first-order valence-electron chi connectivity index (χ1n) is 10.6. The second kappa shape index (κ2) is 20.3. The van der Waals surface area contributed by atoms with Gasteiger partial charge < -0.3 is 9.47 Å². The van der Waals surface area contributed by atoms with Gasteiger partial charge in [-0.25, -0.2) is 9.59 Å². The van der Waals surface area contributed by atoms with Crippen LogP contribution in [-0.4, -0.2) is 31.3 Å². The van der Waals surface area contributed by atoms with E-state index in [-0.39, 0.29) is 18.1 Å². The smallest absolute Gasteiger partial charge is 0.373 e. The van der Waals surface area contributed by atoms with Gasteiger partial charge in [-0.15, -0.1) is 0 Å². The van der Waals surface area contributed by atoms with Crippen LogP contribution in [0.5, 0.6) is 0 Å². The maximum atomic E-state index is 11.2. The van der Waals surface area contributed by atoms with Gasteiger partial charge in [-0.1, -0.05) is 49.4 Å². The minimum absolute atomic E-state index is 0.250. The van der Waals surface area contributed by atoms with Crippen LogP contribution in [0.3, 0.4) is 0 Å². The normalized spacial score (nSPS) is 10.1. The van der Waals surface area contributed by atoms with Crippen molar-refractivity contribution in [3.05, 3.63) is 87.0 Å². The number of rotatable bonds is 8. The monoisotopic (exact) mass is 576 g/mol. The number of benzene rings is 2. The Labute approximate surface area is 214 Å². The maximum Gasteiger partial charge on any atom is 0.373 e. The van der Waals surface area contributed by atoms with E-state index in [0.29, 0.717) is 13.2 Å². The van der Waals surface area contributed by atoms with Gasteiger partial charge in [-0.3, -0.25) is 0 Å². The van der Waals surface area contributed by atoms with E-state index in [2.05, 4.69) is 41.7 Å². The van der Waals surface area contributed by atoms with Crippen molar-refractivity contribution in [1.82, 2.24) is 0 Å². The Hall–Kier alpha value is -3.29. The molecule has 0 saturated heterocycles. The predicted molar refractivity (Wildman–Crippen MR) is 141 cm³/mol. The number of ether oxygens (including phenoxy) is 2. The number of allylic oxidation sites excluding steroid dienone is 1. The molecule has 0 aliphatic rings. The Morgan fingerprint density at radius 1 is 0.794 bits per heavy atom. The second-order valence-electron chi connectivity index (χ2n) is 6.29. The van der Waals surface area contributed by atoms with E-state index in [0.717, 1.165) is 26.7 Å². The summed E-state index contributed by atoms with van der Waals surface area (Å²) in [6, 6.07) is 15.9. The summed E-state index contributed by atoms with van der Waals surface area (Å²) in [4.78, 5) is 38.4. The fraction of sp³-hybridized carbons (Fsp3) is 0.222. The lowest BCUT2D eigenvalue weighted by molar-refractivity contribution is -0.191. The molecule has 34 heavy (non-hydrogen) atoms. The van der Waals surface area contributed by atoms with E-state index in [1.807, 2.05) is 48.5 Å². The quantitative estimate of drug-likeness (QED) is 0.219. The van der Waals surface area contributed by atoms with E-state index >= 15 is 0 Å². The summed E-state index contributed by atoms with van der Waals surface area (Å²) in [5.41, 5.74) is 3.14. The van der Waals surface area contributed by atoms with E-state index < -0.39 is 0 Å². The summed E-state index contributed by atoms with van der Waals surface area (Å²) >= 11 is 2.23. The molecule has 180 valence electrons. The third kappa shape index (κ3) is 16.4. The van der Waals surface area contributed by atoms with Crippen molar-refractivity contribution in [3.63, 3.8) is 0 Å². The van der Waals surface area contributed by atoms with Crippen molar-refractivity contribution < 1.29 is 28.7 Å². The van der Waals surface area contributed by atoms with Gasteiger partial charge in [0.25, 0.3) is 0 Å². The van der Waals surface area contributed by atoms with Crippen LogP contribution in [0, 0.1) is 3.57 Å². The summed E-state index contributed by atoms with van der Waals surface area (Å²) in [7, 11) is 0. The third-order valence-electron chi connectivity index (χ3n) is 3.70. The van der Waals surface area contributed by atoms with Crippen LogP contribution in [0.15, 0.2) is 66.8 Å². The molecule has 0 aromatic heterocycles. The van der Waals surface area contributed by atoms with E-state index in [9.17, 15) is 9.59 Å². The fourth-order valence-corrected chi connectivity index (χ4v) is 2.91. The first-order valence-corrected chi connectivity index (χ1v) is 11.7. The summed E-state index contributed by atoms with van der Waals surface area (Å²) in [5.74, 6) is -0.603. The highest BCUT2D eigenvalue weighted by Crippen LogP contribution is 2.10. The SMILES string of the molecule is CC/C=C/c1cccc(/C=C/C(=O)OCC)c1.CCOC(=O)/C=C/c1cccc(I)c1.O=C=O. The second-order valence-corrected chi connectivity index (χ2v) is 7.54. The summed E-state index contributed by atoms with van der Waals surface area (Å²) in [6.07, 6.45) is 11.8. The highest BCUT2D eigenvalue weighted by atomic mass is 127. The predicted octanol–water partition coefficient (Wildman–Crippen LogP) is 5.97. The van der Waals surface area contributed by atoms with Gasteiger partial charge in [0.2, 0.25) is 0 Å². The van der Waals surface area contributed by atoms with Crippen LogP contribution in [0.1, 0.15) is 43.9 Å². The van der Waals surface area contributed by atoms with Crippen molar-refractivity contribution >= 4 is 58.9 Å². The van der Waals surface area contributed by atoms with Crippen molar-refractivity contribution in [2.24, 2.45) is 0 Å². The third-order valence-corrected chi connectivity index (χ3v) is 4.37. The number of hydrogen-bond donors (Lipinski definition) is 0. The molecule has 0 spiro atoms. The molecular weight excluding hydrogens is 547 g/mol. The lowest BCUT2D eigenvalue weighted by Crippen LogP contribution is -1.98. The zero-order chi connectivity index (χ0) is 25.6. The molecule has 7 heteroatoms. The summed E-state index contributed by atoms with van der Waals surface area (Å²) in [6.45, 7) is 6.50. The highest BCUT2D eigenvalue weighted by molar-refractivity contribution is 14.1. The molecule has 2 rings (SSSR count). The highest BCUT2D eigenvalue weighted by Gasteiger charge is 1.95. The fourth-order valence-electron chi connectivity index (χ4n) is 2.34. The largest absolute Gasteiger partial charge is 0.463 e. The van der Waals surface area contributed by atoms with Gasteiger partial charge in [0.05, 0.1) is 13.2 Å². The number of esters is 2. The number of hydrogen-bond acceptors (Lipinski definition) is 6. The van der Waals surface area contributed by atoms with Crippen LogP contribution < -0.4 is 0 Å². The molecule has 0 aliphatic carbocycles. The minimum atomic E-state index is -0.304. The topological polar surface area (TPSA) is 86.7 Å². The molecule has 0 N–H and O–H groups in total. The molecular formula is C27H29IO6. The lowest BCUT2D eigenvalue weighted by Gasteiger charge is -1.97. The van der Waals surface area contributed by atoms with Gasteiger partial charge in [0.1, 0.15) is 0 Å². The first kappa shape index (κ1) is 30.7. The van der Waals surface area contributed by atoms with Gasteiger partial charge in [-0.05, 0) is 89.9 Å². The van der Waals surface area contributed by atoms with Crippen LogP contribution in [0.2, 0.25) is 0 Å². The molecule has 2 aromatic rings. The number of halogens is 1. The molecule has 0 aliphatic heterocycles. The van der Waals surface area contributed by atoms with Gasteiger partial charge >= 0.3 is 18.1 Å².